The molecule has 0 aliphatic carbocycles. The molecule has 0 N–H and O–H groups in total. The number of halogens is 10. The first-order valence-corrected chi connectivity index (χ1v) is 12.4. The summed E-state index contributed by atoms with van der Waals surface area (Å²) in [7, 11) is 0. The fraction of sp³-hybridized carbons (Fsp3) is 0. The minimum absolute atomic E-state index is 0.0540. The van der Waals surface area contributed by atoms with Crippen LogP contribution < -0.4 is 3.51 Å². The van der Waals surface area contributed by atoms with Gasteiger partial charge in [-0.05, 0) is 0 Å². The van der Waals surface area contributed by atoms with Crippen LogP contribution in [0, 0.1) is 0 Å². The van der Waals surface area contributed by atoms with Crippen molar-refractivity contribution in [2.24, 2.45) is 0 Å². The van der Waals surface area contributed by atoms with E-state index in [1.54, 1.807) is 6.07 Å². The molecule has 0 nitrogen and oxygen atoms in total. The number of hydrogen-bond donors (Lipinski definition) is 0. The fourth-order valence-corrected chi connectivity index (χ4v) is 6.25. The van der Waals surface area contributed by atoms with Crippen LogP contribution in [0.4, 0.5) is 0 Å². The normalized spacial score (nSPS) is 11.3. The predicted molar refractivity (Wildman–Crippen MR) is 133 cm³/mol. The van der Waals surface area contributed by atoms with Crippen LogP contribution in [0.1, 0.15) is 0 Å². The molecule has 0 unspecified atom stereocenters. The molecule has 0 saturated carbocycles. The van der Waals surface area contributed by atoms with Crippen LogP contribution in [0.15, 0.2) is 18.2 Å². The van der Waals surface area contributed by atoms with Crippen molar-refractivity contribution in [3.63, 3.8) is 0 Å². The first kappa shape index (κ1) is 25.0. The fourth-order valence-electron chi connectivity index (χ4n) is 2.68. The molecule has 0 amide bonds. The van der Waals surface area contributed by atoms with Crippen molar-refractivity contribution in [3.8, 4) is 22.3 Å². The number of hydrogen-bond acceptors (Lipinski definition) is 0. The van der Waals surface area contributed by atoms with E-state index in [1.807, 2.05) is 12.1 Å². The van der Waals surface area contributed by atoms with Crippen LogP contribution in [0.5, 0.6) is 0 Å². The van der Waals surface area contributed by atoms with Gasteiger partial charge in [0.15, 0.2) is 0 Å². The van der Waals surface area contributed by atoms with E-state index >= 15 is 0 Å². The van der Waals surface area contributed by atoms with Crippen LogP contribution in [0.2, 0.25) is 50.2 Å². The Morgan fingerprint density at radius 2 is 0.759 bits per heavy atom. The average Bonchev–Trinajstić information content (AvgIpc) is 2.69. The van der Waals surface area contributed by atoms with Crippen molar-refractivity contribution in [2.75, 3.05) is 0 Å². The van der Waals surface area contributed by atoms with E-state index in [-0.39, 0.29) is 50.2 Å². The maximum absolute atomic E-state index is 6.52. The summed E-state index contributed by atoms with van der Waals surface area (Å²) in [5.74, 6) is 0. The molecule has 0 spiro atoms. The Bertz CT molecular complexity index is 1110. The van der Waals surface area contributed by atoms with Gasteiger partial charge >= 0.3 is 233 Å². The van der Waals surface area contributed by atoms with Gasteiger partial charge in [-0.15, -0.1) is 0 Å². The molecule has 0 aliphatic rings. The molecule has 150 valence electrons. The van der Waals surface area contributed by atoms with Gasteiger partial charge in [0.2, 0.25) is 0 Å². The molecule has 0 aromatic heterocycles. The van der Waals surface area contributed by atoms with Crippen molar-refractivity contribution in [1.29, 1.82) is 0 Å². The molecule has 29 heavy (non-hydrogen) atoms. The van der Waals surface area contributed by atoms with E-state index in [2.05, 4.69) is 0 Å². The summed E-state index contributed by atoms with van der Waals surface area (Å²) in [6.07, 6.45) is 0. The standard InChI is InChI=1S/C18H3Cl10.Sb/c19-9-7(10(20)14(24)17(27)13(9)23)5-3-1-2-4-6(5)8-11(21)15(25)18(28)16(26)12(8)22;/h1-3H;. The van der Waals surface area contributed by atoms with Gasteiger partial charge in [-0.25, -0.2) is 0 Å². The second-order valence-corrected chi connectivity index (χ2v) is 10.7. The van der Waals surface area contributed by atoms with Gasteiger partial charge in [0, 0.05) is 0 Å². The monoisotopic (exact) mass is 690 g/mol. The van der Waals surface area contributed by atoms with E-state index in [4.69, 9.17) is 116 Å². The Balaban J connectivity index is 2.52. The Labute approximate surface area is 230 Å². The Morgan fingerprint density at radius 1 is 0.414 bits per heavy atom. The third kappa shape index (κ3) is 4.32. The third-order valence-electron chi connectivity index (χ3n) is 3.98. The van der Waals surface area contributed by atoms with Gasteiger partial charge in [-0.3, -0.25) is 0 Å². The van der Waals surface area contributed by atoms with Gasteiger partial charge in [0.1, 0.15) is 0 Å². The molecule has 3 aromatic rings. The van der Waals surface area contributed by atoms with Crippen molar-refractivity contribution < 1.29 is 0 Å². The topological polar surface area (TPSA) is 0 Å². The maximum atomic E-state index is 6.52. The third-order valence-corrected chi connectivity index (χ3v) is 9.60. The van der Waals surface area contributed by atoms with Crippen LogP contribution in [-0.4, -0.2) is 23.0 Å². The van der Waals surface area contributed by atoms with Crippen LogP contribution in [-0.2, 0) is 0 Å². The van der Waals surface area contributed by atoms with Crippen LogP contribution in [0.25, 0.3) is 22.3 Å². The molecule has 0 heterocycles. The van der Waals surface area contributed by atoms with E-state index in [0.29, 0.717) is 22.3 Å². The Hall–Kier alpha value is 1.38. The predicted octanol–water partition coefficient (Wildman–Crippen LogP) is 10.3. The molecule has 0 aliphatic heterocycles. The Morgan fingerprint density at radius 3 is 1.17 bits per heavy atom. The van der Waals surface area contributed by atoms with Gasteiger partial charge in [-0.1, -0.05) is 0 Å². The van der Waals surface area contributed by atoms with Crippen molar-refractivity contribution in [2.45, 2.75) is 0 Å². The molecule has 2 radical (unpaired) electrons. The van der Waals surface area contributed by atoms with Crippen molar-refractivity contribution >= 4 is 143 Å². The summed E-state index contributed by atoms with van der Waals surface area (Å²) in [5, 5.41) is 0.910. The van der Waals surface area contributed by atoms with Crippen LogP contribution in [0.3, 0.4) is 0 Å². The summed E-state index contributed by atoms with van der Waals surface area (Å²) < 4.78 is 0.837. The molecule has 0 saturated heterocycles. The van der Waals surface area contributed by atoms with Crippen LogP contribution >= 0.6 is 116 Å². The number of rotatable bonds is 2. The summed E-state index contributed by atoms with van der Waals surface area (Å²) in [6, 6.07) is 5.46. The first-order valence-electron chi connectivity index (χ1n) is 7.36. The molecule has 0 atom stereocenters. The first-order chi connectivity index (χ1) is 13.5. The molecule has 3 aromatic carbocycles. The summed E-state index contributed by atoms with van der Waals surface area (Å²) in [4.78, 5) is 0. The van der Waals surface area contributed by atoms with E-state index in [0.717, 1.165) is 3.51 Å². The molecule has 0 bridgehead atoms. The zero-order valence-corrected chi connectivity index (χ0v) is 23.6. The van der Waals surface area contributed by atoms with Crippen molar-refractivity contribution in [1.82, 2.24) is 0 Å². The Kier molecular flexibility index (Phi) is 8.37. The van der Waals surface area contributed by atoms with E-state index in [1.165, 1.54) is 23.0 Å². The quantitative estimate of drug-likeness (QED) is 0.142. The van der Waals surface area contributed by atoms with Crippen molar-refractivity contribution in [3.05, 3.63) is 68.4 Å². The second-order valence-electron chi connectivity index (χ2n) is 5.59. The zero-order chi connectivity index (χ0) is 21.8. The minimum atomic E-state index is 0.0540. The second kappa shape index (κ2) is 9.70. The van der Waals surface area contributed by atoms with Gasteiger partial charge in [0.05, 0.1) is 0 Å². The molecule has 0 fully saturated rings. The van der Waals surface area contributed by atoms with E-state index < -0.39 is 0 Å². The number of benzene rings is 3. The van der Waals surface area contributed by atoms with Gasteiger partial charge in [-0.2, -0.15) is 0 Å². The molecule has 11 heteroatoms. The molecular weight excluding hydrogens is 692 g/mol. The summed E-state index contributed by atoms with van der Waals surface area (Å²) in [5.41, 5.74) is 1.93. The SMILES string of the molecule is Clc1c(Cl)c(Cl)c(-c2ccc[c]([Sb])c2-c2c(Cl)c(Cl)c(Cl)c(Cl)c2Cl)c(Cl)c1Cl. The summed E-state index contributed by atoms with van der Waals surface area (Å²) in [6.45, 7) is 0. The summed E-state index contributed by atoms with van der Waals surface area (Å²) >= 11 is 64.8. The van der Waals surface area contributed by atoms with Gasteiger partial charge in [0.25, 0.3) is 0 Å². The van der Waals surface area contributed by atoms with Gasteiger partial charge < -0.3 is 0 Å². The average molecular weight is 696 g/mol. The molecular formula is C18H3Cl10Sb. The van der Waals surface area contributed by atoms with E-state index in [9.17, 15) is 0 Å². The zero-order valence-electron chi connectivity index (χ0n) is 13.5. The molecule has 3 rings (SSSR count).